The summed E-state index contributed by atoms with van der Waals surface area (Å²) in [4.78, 5) is 23.4. The lowest BCUT2D eigenvalue weighted by molar-refractivity contribution is -0.875. The Morgan fingerprint density at radius 2 is 1.21 bits per heavy atom. The van der Waals surface area contributed by atoms with E-state index in [1.807, 2.05) is 36.5 Å². The quantitative estimate of drug-likeness (QED) is 0.105. The number of carbonyl (C=O) groups is 2. The van der Waals surface area contributed by atoms with E-state index in [2.05, 4.69) is 19.1 Å². The standard InChI is InChI=1S/C29H45NO4/c1-5-6-7-8-9-10-11-12-13-14-15-16-17-18-19-20-21-22-23-24-27(31)29(34,25-28(32)33)26-30(2,3)4/h13-24,34H,5-12,25-26H2,1-4H3/p+1/t29-/m1/s1. The number of nitrogens with zero attached hydrogens (tertiary/aromatic N) is 1. The van der Waals surface area contributed by atoms with Gasteiger partial charge in [0.25, 0.3) is 0 Å². The van der Waals surface area contributed by atoms with Gasteiger partial charge in [-0.2, -0.15) is 0 Å². The summed E-state index contributed by atoms with van der Waals surface area (Å²) in [6.07, 6.45) is 31.8. The van der Waals surface area contributed by atoms with E-state index in [-0.39, 0.29) is 11.0 Å². The molecule has 0 rings (SSSR count). The molecule has 0 radical (unpaired) electrons. The van der Waals surface area contributed by atoms with E-state index in [0.29, 0.717) is 0 Å². The van der Waals surface area contributed by atoms with Crippen LogP contribution in [0.25, 0.3) is 0 Å². The molecule has 34 heavy (non-hydrogen) atoms. The third-order valence-corrected chi connectivity index (χ3v) is 5.00. The molecule has 0 aliphatic carbocycles. The topological polar surface area (TPSA) is 74.6 Å². The van der Waals surface area contributed by atoms with Gasteiger partial charge in [-0.05, 0) is 18.9 Å². The number of carboxylic acids is 1. The average molecular weight is 473 g/mol. The average Bonchev–Trinajstić information content (AvgIpc) is 2.73. The number of carboxylic acid groups (broad SMARTS) is 1. The van der Waals surface area contributed by atoms with Crippen molar-refractivity contribution in [2.45, 2.75) is 70.3 Å². The van der Waals surface area contributed by atoms with Crippen LogP contribution in [-0.4, -0.2) is 59.7 Å². The van der Waals surface area contributed by atoms with Gasteiger partial charge in [0.05, 0.1) is 27.6 Å². The monoisotopic (exact) mass is 472 g/mol. The molecule has 0 aromatic heterocycles. The van der Waals surface area contributed by atoms with E-state index in [1.54, 1.807) is 33.3 Å². The van der Waals surface area contributed by atoms with Gasteiger partial charge in [0.1, 0.15) is 6.54 Å². The molecule has 5 nitrogen and oxygen atoms in total. The van der Waals surface area contributed by atoms with E-state index in [4.69, 9.17) is 5.11 Å². The molecule has 0 heterocycles. The highest BCUT2D eigenvalue weighted by atomic mass is 16.4. The number of carbonyl (C=O) groups excluding carboxylic acids is 1. The molecule has 0 bridgehead atoms. The number of hydrogen-bond acceptors (Lipinski definition) is 3. The molecule has 0 amide bonds. The fourth-order valence-corrected chi connectivity index (χ4v) is 3.46. The van der Waals surface area contributed by atoms with Gasteiger partial charge in [-0.3, -0.25) is 9.59 Å². The maximum absolute atomic E-state index is 12.4. The first kappa shape index (κ1) is 31.5. The second kappa shape index (κ2) is 18.9. The highest BCUT2D eigenvalue weighted by Crippen LogP contribution is 2.17. The molecule has 0 aromatic carbocycles. The molecule has 0 aliphatic heterocycles. The van der Waals surface area contributed by atoms with Gasteiger partial charge in [0.2, 0.25) is 0 Å². The summed E-state index contributed by atoms with van der Waals surface area (Å²) in [5.41, 5.74) is -1.93. The maximum Gasteiger partial charge on any atom is 0.307 e. The number of aliphatic carboxylic acids is 1. The molecule has 0 saturated carbocycles. The SMILES string of the molecule is CCCCCCCCCC=CC=CC=CC=CC=CC=CC(=O)[C@@](O)(CC(=O)O)C[N+](C)(C)C. The van der Waals surface area contributed by atoms with Gasteiger partial charge in [-0.1, -0.05) is 112 Å². The van der Waals surface area contributed by atoms with Gasteiger partial charge >= 0.3 is 5.97 Å². The van der Waals surface area contributed by atoms with Crippen molar-refractivity contribution in [3.8, 4) is 0 Å². The van der Waals surface area contributed by atoms with Crippen LogP contribution in [-0.2, 0) is 9.59 Å². The zero-order valence-electron chi connectivity index (χ0n) is 21.7. The fraction of sp³-hybridized carbons (Fsp3) is 0.517. The highest BCUT2D eigenvalue weighted by molar-refractivity contribution is 5.99. The van der Waals surface area contributed by atoms with Gasteiger partial charge in [-0.15, -0.1) is 0 Å². The van der Waals surface area contributed by atoms with E-state index in [1.165, 1.54) is 57.1 Å². The number of unbranched alkanes of at least 4 members (excludes halogenated alkanes) is 7. The molecule has 0 fully saturated rings. The largest absolute Gasteiger partial charge is 0.481 e. The molecule has 0 unspecified atom stereocenters. The number of likely N-dealkylation sites (N-methyl/N-ethyl adjacent to an activating group) is 1. The summed E-state index contributed by atoms with van der Waals surface area (Å²) in [7, 11) is 5.39. The van der Waals surface area contributed by atoms with Crippen molar-refractivity contribution in [3.05, 3.63) is 72.9 Å². The Morgan fingerprint density at radius 3 is 1.71 bits per heavy atom. The van der Waals surface area contributed by atoms with Crippen LogP contribution in [0.3, 0.4) is 0 Å². The van der Waals surface area contributed by atoms with Crippen LogP contribution >= 0.6 is 0 Å². The molecule has 0 saturated heterocycles. The smallest absolute Gasteiger partial charge is 0.307 e. The van der Waals surface area contributed by atoms with E-state index in [0.717, 1.165) is 6.42 Å². The van der Waals surface area contributed by atoms with Gasteiger partial charge in [-0.25, -0.2) is 0 Å². The lowest BCUT2D eigenvalue weighted by Crippen LogP contribution is -2.54. The number of aliphatic hydroxyl groups is 1. The Morgan fingerprint density at radius 1 is 0.735 bits per heavy atom. The number of quaternary nitrogens is 1. The van der Waals surface area contributed by atoms with E-state index in [9.17, 15) is 14.7 Å². The van der Waals surface area contributed by atoms with Crippen molar-refractivity contribution in [1.82, 2.24) is 0 Å². The van der Waals surface area contributed by atoms with Gasteiger partial charge < -0.3 is 14.7 Å². The maximum atomic E-state index is 12.4. The van der Waals surface area contributed by atoms with Crippen LogP contribution < -0.4 is 0 Å². The Labute approximate surface area is 207 Å². The summed E-state index contributed by atoms with van der Waals surface area (Å²) in [5.74, 6) is -1.82. The Kier molecular flexibility index (Phi) is 17.5. The fourth-order valence-electron chi connectivity index (χ4n) is 3.46. The second-order valence-electron chi connectivity index (χ2n) is 9.65. The minimum absolute atomic E-state index is 0.0126. The zero-order valence-corrected chi connectivity index (χ0v) is 21.7. The lowest BCUT2D eigenvalue weighted by Gasteiger charge is -2.33. The summed E-state index contributed by atoms with van der Waals surface area (Å²) in [6.45, 7) is 2.26. The van der Waals surface area contributed by atoms with Crippen LogP contribution in [0.2, 0.25) is 0 Å². The predicted molar refractivity (Wildman–Crippen MR) is 143 cm³/mol. The molecule has 0 aliphatic rings. The normalized spacial score (nSPS) is 15.1. The van der Waals surface area contributed by atoms with Crippen molar-refractivity contribution in [2.24, 2.45) is 0 Å². The molecule has 190 valence electrons. The summed E-state index contributed by atoms with van der Waals surface area (Å²) in [6, 6.07) is 0. The molecule has 0 spiro atoms. The molecule has 1 atom stereocenters. The molecular weight excluding hydrogens is 426 g/mol. The van der Waals surface area contributed by atoms with Crippen LogP contribution in [0.15, 0.2) is 72.9 Å². The van der Waals surface area contributed by atoms with Crippen molar-refractivity contribution < 1.29 is 24.3 Å². The van der Waals surface area contributed by atoms with Crippen LogP contribution in [0.4, 0.5) is 0 Å². The van der Waals surface area contributed by atoms with Crippen molar-refractivity contribution in [3.63, 3.8) is 0 Å². The predicted octanol–water partition coefficient (Wildman–Crippen LogP) is 5.95. The third kappa shape index (κ3) is 19.0. The Balaban J connectivity index is 4.27. The summed E-state index contributed by atoms with van der Waals surface area (Å²) >= 11 is 0. The first-order valence-corrected chi connectivity index (χ1v) is 12.4. The van der Waals surface area contributed by atoms with Crippen LogP contribution in [0.5, 0.6) is 0 Å². The highest BCUT2D eigenvalue weighted by Gasteiger charge is 2.41. The van der Waals surface area contributed by atoms with Crippen molar-refractivity contribution in [1.29, 1.82) is 0 Å². The second-order valence-corrected chi connectivity index (χ2v) is 9.65. The summed E-state index contributed by atoms with van der Waals surface area (Å²) < 4.78 is 0.275. The molecule has 2 N–H and O–H groups in total. The molecule has 0 aromatic rings. The number of rotatable bonds is 19. The Hall–Kier alpha value is -2.50. The van der Waals surface area contributed by atoms with Crippen LogP contribution in [0, 0.1) is 0 Å². The van der Waals surface area contributed by atoms with Crippen molar-refractivity contribution >= 4 is 11.8 Å². The number of ketones is 1. The van der Waals surface area contributed by atoms with E-state index >= 15 is 0 Å². The minimum Gasteiger partial charge on any atom is -0.481 e. The van der Waals surface area contributed by atoms with E-state index < -0.39 is 23.8 Å². The minimum atomic E-state index is -1.93. The number of hydrogen-bond donors (Lipinski definition) is 2. The Bertz CT molecular complexity index is 751. The summed E-state index contributed by atoms with van der Waals surface area (Å²) in [5, 5.41) is 19.6. The van der Waals surface area contributed by atoms with Crippen LogP contribution in [0.1, 0.15) is 64.7 Å². The first-order chi connectivity index (χ1) is 16.1. The third-order valence-electron chi connectivity index (χ3n) is 5.00. The first-order valence-electron chi connectivity index (χ1n) is 12.4. The molecular formula is C29H46NO4+. The van der Waals surface area contributed by atoms with Crippen molar-refractivity contribution in [2.75, 3.05) is 27.7 Å². The lowest BCUT2D eigenvalue weighted by atomic mass is 9.92. The molecule has 5 heteroatoms. The van der Waals surface area contributed by atoms with Gasteiger partial charge in [0.15, 0.2) is 11.4 Å². The van der Waals surface area contributed by atoms with Gasteiger partial charge in [0, 0.05) is 0 Å². The number of allylic oxidation sites excluding steroid dienone is 11. The zero-order chi connectivity index (χ0) is 25.7.